The van der Waals surface area contributed by atoms with E-state index in [1.165, 1.54) is 41.0 Å². The fourth-order valence-corrected chi connectivity index (χ4v) is 2.78. The summed E-state index contributed by atoms with van der Waals surface area (Å²) in [5.41, 5.74) is 3.94. The van der Waals surface area contributed by atoms with Crippen LogP contribution in [0.15, 0.2) is 53.4 Å². The van der Waals surface area contributed by atoms with Crippen molar-refractivity contribution in [1.29, 1.82) is 0 Å². The van der Waals surface area contributed by atoms with E-state index in [0.29, 0.717) is 6.04 Å². The first kappa shape index (κ1) is 16.0. The molecule has 1 N–H and O–H groups in total. The van der Waals surface area contributed by atoms with Crippen LogP contribution in [0.5, 0.6) is 0 Å². The quantitative estimate of drug-likeness (QED) is 0.636. The van der Waals surface area contributed by atoms with Crippen molar-refractivity contribution in [3.05, 3.63) is 59.7 Å². The molecule has 2 aromatic carbocycles. The molecule has 112 valence electrons. The molecule has 1 atom stereocenters. The van der Waals surface area contributed by atoms with Crippen LogP contribution in [-0.4, -0.2) is 6.26 Å². The summed E-state index contributed by atoms with van der Waals surface area (Å²) in [6, 6.07) is 18.0. The van der Waals surface area contributed by atoms with E-state index < -0.39 is 0 Å². The van der Waals surface area contributed by atoms with Gasteiger partial charge in [0.15, 0.2) is 0 Å². The molecule has 2 aromatic rings. The molecular weight excluding hydrogens is 274 g/mol. The molecular formula is C19H25NS. The summed E-state index contributed by atoms with van der Waals surface area (Å²) in [6.45, 7) is 4.44. The van der Waals surface area contributed by atoms with Crippen molar-refractivity contribution in [2.24, 2.45) is 0 Å². The zero-order valence-corrected chi connectivity index (χ0v) is 14.0. The Bertz CT molecular complexity index is 530. The summed E-state index contributed by atoms with van der Waals surface area (Å²) in [5.74, 6) is 0. The fourth-order valence-electron chi connectivity index (χ4n) is 2.37. The predicted molar refractivity (Wildman–Crippen MR) is 95.3 cm³/mol. The van der Waals surface area contributed by atoms with E-state index in [-0.39, 0.29) is 0 Å². The lowest BCUT2D eigenvalue weighted by Crippen LogP contribution is -2.06. The van der Waals surface area contributed by atoms with Crippen LogP contribution in [0, 0.1) is 0 Å². The number of benzene rings is 2. The van der Waals surface area contributed by atoms with Crippen molar-refractivity contribution in [3.63, 3.8) is 0 Å². The second-order valence-electron chi connectivity index (χ2n) is 5.44. The van der Waals surface area contributed by atoms with Crippen LogP contribution in [0.3, 0.4) is 0 Å². The minimum atomic E-state index is 0.322. The minimum absolute atomic E-state index is 0.322. The molecule has 0 fully saturated rings. The lowest BCUT2D eigenvalue weighted by molar-refractivity contribution is 0.795. The van der Waals surface area contributed by atoms with Crippen molar-refractivity contribution < 1.29 is 0 Å². The molecule has 0 spiro atoms. The van der Waals surface area contributed by atoms with E-state index in [9.17, 15) is 0 Å². The Kier molecular flexibility index (Phi) is 6.19. The summed E-state index contributed by atoms with van der Waals surface area (Å²) < 4.78 is 0. The zero-order chi connectivity index (χ0) is 15.1. The number of aryl methyl sites for hydroxylation is 1. The SMILES string of the molecule is CCCCc1ccc(NC(C)c2ccc(SC)cc2)cc1. The highest BCUT2D eigenvalue weighted by Gasteiger charge is 2.05. The second-order valence-corrected chi connectivity index (χ2v) is 6.32. The molecule has 1 nitrogen and oxygen atoms in total. The molecule has 0 saturated heterocycles. The third kappa shape index (κ3) is 4.82. The lowest BCUT2D eigenvalue weighted by atomic mass is 10.1. The maximum absolute atomic E-state index is 3.57. The number of hydrogen-bond acceptors (Lipinski definition) is 2. The van der Waals surface area contributed by atoms with Gasteiger partial charge in [-0.1, -0.05) is 37.6 Å². The molecule has 1 unspecified atom stereocenters. The Balaban J connectivity index is 1.96. The molecule has 0 aromatic heterocycles. The summed E-state index contributed by atoms with van der Waals surface area (Å²) in [5, 5.41) is 3.57. The maximum atomic E-state index is 3.57. The Labute approximate surface area is 133 Å². The molecule has 0 amide bonds. The van der Waals surface area contributed by atoms with Crippen LogP contribution in [0.4, 0.5) is 5.69 Å². The number of unbranched alkanes of at least 4 members (excludes halogenated alkanes) is 1. The van der Waals surface area contributed by atoms with Gasteiger partial charge in [0, 0.05) is 16.6 Å². The van der Waals surface area contributed by atoms with Crippen molar-refractivity contribution in [2.75, 3.05) is 11.6 Å². The van der Waals surface area contributed by atoms with Gasteiger partial charge < -0.3 is 5.32 Å². The van der Waals surface area contributed by atoms with Crippen LogP contribution in [0.25, 0.3) is 0 Å². The standard InChI is InChI=1S/C19H25NS/c1-4-5-6-16-7-11-18(12-8-16)20-15(2)17-9-13-19(21-3)14-10-17/h7-15,20H,4-6H2,1-3H3. The normalized spacial score (nSPS) is 12.1. The Morgan fingerprint density at radius 2 is 1.67 bits per heavy atom. The first-order chi connectivity index (χ1) is 10.2. The van der Waals surface area contributed by atoms with Crippen molar-refractivity contribution in [1.82, 2.24) is 0 Å². The third-order valence-corrected chi connectivity index (χ3v) is 4.52. The Hall–Kier alpha value is -1.41. The highest BCUT2D eigenvalue weighted by molar-refractivity contribution is 7.98. The van der Waals surface area contributed by atoms with Crippen molar-refractivity contribution >= 4 is 17.4 Å². The summed E-state index contributed by atoms with van der Waals surface area (Å²) >= 11 is 1.78. The van der Waals surface area contributed by atoms with Gasteiger partial charge in [0.1, 0.15) is 0 Å². The van der Waals surface area contributed by atoms with Gasteiger partial charge in [-0.25, -0.2) is 0 Å². The summed E-state index contributed by atoms with van der Waals surface area (Å²) in [7, 11) is 0. The minimum Gasteiger partial charge on any atom is -0.379 e. The van der Waals surface area contributed by atoms with Gasteiger partial charge in [-0.2, -0.15) is 0 Å². The first-order valence-electron chi connectivity index (χ1n) is 7.72. The average molecular weight is 299 g/mol. The fraction of sp³-hybridized carbons (Fsp3) is 0.368. The second kappa shape index (κ2) is 8.14. The Morgan fingerprint density at radius 1 is 1.00 bits per heavy atom. The van der Waals surface area contributed by atoms with Crippen LogP contribution >= 0.6 is 11.8 Å². The monoisotopic (exact) mass is 299 g/mol. The number of nitrogens with one attached hydrogen (secondary N) is 1. The molecule has 0 aliphatic carbocycles. The molecule has 0 saturated carbocycles. The summed E-state index contributed by atoms with van der Waals surface area (Å²) in [6.07, 6.45) is 5.81. The van der Waals surface area contributed by atoms with E-state index in [1.54, 1.807) is 11.8 Å². The predicted octanol–water partition coefficient (Wildman–Crippen LogP) is 5.92. The van der Waals surface area contributed by atoms with Gasteiger partial charge >= 0.3 is 0 Å². The third-order valence-electron chi connectivity index (χ3n) is 3.77. The van der Waals surface area contributed by atoms with Gasteiger partial charge in [0.2, 0.25) is 0 Å². The van der Waals surface area contributed by atoms with Gasteiger partial charge in [-0.3, -0.25) is 0 Å². The molecule has 0 aliphatic heterocycles. The smallest absolute Gasteiger partial charge is 0.0485 e. The maximum Gasteiger partial charge on any atom is 0.0485 e. The van der Waals surface area contributed by atoms with E-state index in [0.717, 1.165) is 0 Å². The lowest BCUT2D eigenvalue weighted by Gasteiger charge is -2.16. The number of anilines is 1. The van der Waals surface area contributed by atoms with Gasteiger partial charge in [-0.15, -0.1) is 11.8 Å². The molecule has 2 heteroatoms. The van der Waals surface area contributed by atoms with Gasteiger partial charge in [0.25, 0.3) is 0 Å². The van der Waals surface area contributed by atoms with Crippen LogP contribution in [0.1, 0.15) is 43.9 Å². The van der Waals surface area contributed by atoms with E-state index in [1.807, 2.05) is 0 Å². The van der Waals surface area contributed by atoms with Gasteiger partial charge in [-0.05, 0) is 61.4 Å². The zero-order valence-electron chi connectivity index (χ0n) is 13.2. The average Bonchev–Trinajstić information content (AvgIpc) is 2.54. The Morgan fingerprint density at radius 3 is 2.24 bits per heavy atom. The number of thioether (sulfide) groups is 1. The van der Waals surface area contributed by atoms with Crippen molar-refractivity contribution in [2.45, 2.75) is 44.0 Å². The van der Waals surface area contributed by atoms with Crippen LogP contribution in [0.2, 0.25) is 0 Å². The van der Waals surface area contributed by atoms with E-state index in [2.05, 4.69) is 74.0 Å². The number of rotatable bonds is 7. The molecule has 0 radical (unpaired) electrons. The molecule has 0 heterocycles. The van der Waals surface area contributed by atoms with E-state index >= 15 is 0 Å². The topological polar surface area (TPSA) is 12.0 Å². The molecule has 0 aliphatic rings. The van der Waals surface area contributed by atoms with E-state index in [4.69, 9.17) is 0 Å². The van der Waals surface area contributed by atoms with Crippen LogP contribution < -0.4 is 5.32 Å². The molecule has 0 bridgehead atoms. The number of hydrogen-bond donors (Lipinski definition) is 1. The first-order valence-corrected chi connectivity index (χ1v) is 8.95. The highest BCUT2D eigenvalue weighted by atomic mass is 32.2. The van der Waals surface area contributed by atoms with Crippen LogP contribution in [-0.2, 0) is 6.42 Å². The summed E-state index contributed by atoms with van der Waals surface area (Å²) in [4.78, 5) is 1.31. The largest absolute Gasteiger partial charge is 0.379 e. The van der Waals surface area contributed by atoms with Crippen molar-refractivity contribution in [3.8, 4) is 0 Å². The molecule has 2 rings (SSSR count). The molecule has 21 heavy (non-hydrogen) atoms. The van der Waals surface area contributed by atoms with Gasteiger partial charge in [0.05, 0.1) is 0 Å². The highest BCUT2D eigenvalue weighted by Crippen LogP contribution is 2.22.